The molecule has 1 aliphatic rings. The van der Waals surface area contributed by atoms with Crippen LogP contribution in [0.3, 0.4) is 0 Å². The lowest BCUT2D eigenvalue weighted by Gasteiger charge is -2.05. The van der Waals surface area contributed by atoms with Crippen molar-refractivity contribution in [2.24, 2.45) is 0 Å². The van der Waals surface area contributed by atoms with E-state index in [4.69, 9.17) is 4.52 Å². The highest BCUT2D eigenvalue weighted by Crippen LogP contribution is 2.33. The van der Waals surface area contributed by atoms with E-state index in [1.807, 2.05) is 22.6 Å². The summed E-state index contributed by atoms with van der Waals surface area (Å²) in [6.45, 7) is 1.49. The van der Waals surface area contributed by atoms with Crippen molar-refractivity contribution < 1.29 is 21.7 Å². The van der Waals surface area contributed by atoms with Gasteiger partial charge in [-0.15, -0.1) is 0 Å². The van der Waals surface area contributed by atoms with Crippen LogP contribution in [0.2, 0.25) is 0 Å². The van der Waals surface area contributed by atoms with E-state index in [0.717, 1.165) is 6.07 Å². The number of benzene rings is 1. The van der Waals surface area contributed by atoms with Crippen molar-refractivity contribution in [1.29, 1.82) is 0 Å². The van der Waals surface area contributed by atoms with Crippen molar-refractivity contribution in [2.75, 3.05) is 0 Å². The smallest absolute Gasteiger partial charge is 0.349 e. The van der Waals surface area contributed by atoms with Crippen LogP contribution in [0.25, 0.3) is 27.9 Å². The lowest BCUT2D eigenvalue weighted by atomic mass is 10.2. The molecule has 0 bridgehead atoms. The highest BCUT2D eigenvalue weighted by atomic mass is 127. The molecule has 1 saturated carbocycles. The molecule has 8 nitrogen and oxygen atoms in total. The molecule has 12 heteroatoms. The standard InChI is InChI=1S/C17H11F2IN4O4S/c1-7-13-14(22-28-7)12(19)15-16(21-13)24(29(26,27)9-3-4-9)17(25)23(15)11-5-2-8(20)6-10(11)18/h2,5-6,9H,3-4H2,1H3. The van der Waals surface area contributed by atoms with Crippen LogP contribution in [0, 0.1) is 22.1 Å². The summed E-state index contributed by atoms with van der Waals surface area (Å²) in [5.74, 6) is -1.66. The highest BCUT2D eigenvalue weighted by molar-refractivity contribution is 14.1. The lowest BCUT2D eigenvalue weighted by molar-refractivity contribution is 0.403. The molecule has 3 aromatic heterocycles. The van der Waals surface area contributed by atoms with Gasteiger partial charge in [0.15, 0.2) is 22.7 Å². The van der Waals surface area contributed by atoms with Crippen LogP contribution in [0.5, 0.6) is 0 Å². The van der Waals surface area contributed by atoms with E-state index in [2.05, 4.69) is 10.1 Å². The van der Waals surface area contributed by atoms with Gasteiger partial charge in [0.05, 0.1) is 10.9 Å². The van der Waals surface area contributed by atoms with E-state index in [0.29, 0.717) is 25.0 Å². The van der Waals surface area contributed by atoms with Crippen molar-refractivity contribution in [3.8, 4) is 5.69 Å². The molecule has 0 amide bonds. The van der Waals surface area contributed by atoms with Gasteiger partial charge in [-0.3, -0.25) is 4.57 Å². The monoisotopic (exact) mass is 532 g/mol. The van der Waals surface area contributed by atoms with Crippen LogP contribution in [-0.2, 0) is 10.0 Å². The summed E-state index contributed by atoms with van der Waals surface area (Å²) in [4.78, 5) is 17.3. The van der Waals surface area contributed by atoms with Gasteiger partial charge in [-0.2, -0.15) is 3.97 Å². The average molecular weight is 532 g/mol. The molecule has 29 heavy (non-hydrogen) atoms. The number of fused-ring (bicyclic) bond motifs is 2. The summed E-state index contributed by atoms with van der Waals surface area (Å²) in [5.41, 5.74) is -2.56. The molecule has 0 spiro atoms. The Morgan fingerprint density at radius 1 is 1.24 bits per heavy atom. The number of imidazole rings is 1. The van der Waals surface area contributed by atoms with Crippen LogP contribution in [0.1, 0.15) is 18.6 Å². The largest absolute Gasteiger partial charge is 0.359 e. The van der Waals surface area contributed by atoms with E-state index in [-0.39, 0.29) is 22.5 Å². The Balaban J connectivity index is 2.01. The number of hydrogen-bond acceptors (Lipinski definition) is 6. The first-order valence-corrected chi connectivity index (χ1v) is 11.1. The fraction of sp³-hybridized carbons (Fsp3) is 0.235. The molecular formula is C17H11F2IN4O4S. The molecule has 0 unspecified atom stereocenters. The van der Waals surface area contributed by atoms with Crippen molar-refractivity contribution in [2.45, 2.75) is 25.0 Å². The van der Waals surface area contributed by atoms with Gasteiger partial charge in [0, 0.05) is 3.57 Å². The number of aromatic nitrogens is 4. The van der Waals surface area contributed by atoms with Gasteiger partial charge in [-0.25, -0.2) is 27.0 Å². The second kappa shape index (κ2) is 6.08. The summed E-state index contributed by atoms with van der Waals surface area (Å²) < 4.78 is 62.6. The number of halogens is 3. The van der Waals surface area contributed by atoms with E-state index < -0.39 is 43.8 Å². The Morgan fingerprint density at radius 2 is 1.97 bits per heavy atom. The Morgan fingerprint density at radius 3 is 2.62 bits per heavy atom. The molecule has 3 heterocycles. The normalized spacial score (nSPS) is 14.9. The topological polar surface area (TPSA) is 100.0 Å². The van der Waals surface area contributed by atoms with Crippen LogP contribution < -0.4 is 5.69 Å². The van der Waals surface area contributed by atoms with Gasteiger partial charge in [0.25, 0.3) is 0 Å². The zero-order chi connectivity index (χ0) is 20.7. The number of rotatable bonds is 3. The molecule has 5 rings (SSSR count). The maximum Gasteiger partial charge on any atom is 0.349 e. The molecule has 1 fully saturated rings. The fourth-order valence-electron chi connectivity index (χ4n) is 3.26. The Kier molecular flexibility index (Phi) is 3.91. The number of aryl methyl sites for hydroxylation is 1. The summed E-state index contributed by atoms with van der Waals surface area (Å²) in [6.07, 6.45) is 0.771. The van der Waals surface area contributed by atoms with Gasteiger partial charge in [0.1, 0.15) is 16.9 Å². The predicted molar refractivity (Wildman–Crippen MR) is 108 cm³/mol. The minimum Gasteiger partial charge on any atom is -0.359 e. The molecule has 1 aromatic carbocycles. The van der Waals surface area contributed by atoms with Crippen LogP contribution in [0.15, 0.2) is 27.5 Å². The predicted octanol–water partition coefficient (Wildman–Crippen LogP) is 2.86. The van der Waals surface area contributed by atoms with Crippen LogP contribution >= 0.6 is 22.6 Å². The first kappa shape index (κ1) is 18.7. The molecule has 0 aliphatic heterocycles. The summed E-state index contributed by atoms with van der Waals surface area (Å²) >= 11 is 1.89. The molecule has 0 radical (unpaired) electrons. The number of pyridine rings is 1. The highest BCUT2D eigenvalue weighted by Gasteiger charge is 2.41. The third kappa shape index (κ3) is 2.57. The Labute approximate surface area is 175 Å². The second-order valence-electron chi connectivity index (χ2n) is 6.76. The zero-order valence-electron chi connectivity index (χ0n) is 14.7. The van der Waals surface area contributed by atoms with Gasteiger partial charge < -0.3 is 4.52 Å². The van der Waals surface area contributed by atoms with Crippen molar-refractivity contribution in [1.82, 2.24) is 18.7 Å². The maximum atomic E-state index is 15.4. The lowest BCUT2D eigenvalue weighted by Crippen LogP contribution is -2.31. The molecule has 4 aromatic rings. The third-order valence-electron chi connectivity index (χ3n) is 4.81. The van der Waals surface area contributed by atoms with Gasteiger partial charge in [0.2, 0.25) is 10.0 Å². The van der Waals surface area contributed by atoms with Crippen LogP contribution in [0.4, 0.5) is 8.78 Å². The minimum atomic E-state index is -4.13. The zero-order valence-corrected chi connectivity index (χ0v) is 17.7. The van der Waals surface area contributed by atoms with E-state index >= 15 is 4.39 Å². The molecular weight excluding hydrogens is 521 g/mol. The summed E-state index contributed by atoms with van der Waals surface area (Å²) in [7, 11) is -4.13. The van der Waals surface area contributed by atoms with Gasteiger partial charge in [-0.05, 0) is 60.6 Å². The number of hydrogen-bond donors (Lipinski definition) is 0. The SMILES string of the molecule is Cc1onc2c(F)c3c(nc12)n(S(=O)(=O)C1CC1)c(=O)n3-c1ccc(I)cc1F. The van der Waals surface area contributed by atoms with Crippen molar-refractivity contribution in [3.05, 3.63) is 49.6 Å². The van der Waals surface area contributed by atoms with E-state index in [1.54, 1.807) is 0 Å². The Hall–Kier alpha value is -2.35. The number of nitrogens with zero attached hydrogens (tertiary/aromatic N) is 4. The summed E-state index contributed by atoms with van der Waals surface area (Å²) in [5, 5.41) is 2.85. The molecule has 0 saturated heterocycles. The van der Waals surface area contributed by atoms with Gasteiger partial charge >= 0.3 is 5.69 Å². The average Bonchev–Trinajstić information content (AvgIpc) is 3.39. The first-order chi connectivity index (χ1) is 13.7. The molecule has 150 valence electrons. The van der Waals surface area contributed by atoms with Crippen LogP contribution in [-0.4, -0.2) is 32.3 Å². The molecule has 0 atom stereocenters. The third-order valence-corrected chi connectivity index (χ3v) is 7.63. The maximum absolute atomic E-state index is 15.4. The van der Waals surface area contributed by atoms with Crippen molar-refractivity contribution >= 4 is 54.8 Å². The molecule has 1 aliphatic carbocycles. The summed E-state index contributed by atoms with van der Waals surface area (Å²) in [6, 6.07) is 3.96. The second-order valence-corrected chi connectivity index (χ2v) is 10.1. The van der Waals surface area contributed by atoms with E-state index in [9.17, 15) is 17.6 Å². The fourth-order valence-corrected chi connectivity index (χ4v) is 5.41. The Bertz CT molecular complexity index is 1500. The van der Waals surface area contributed by atoms with Crippen molar-refractivity contribution in [3.63, 3.8) is 0 Å². The quantitative estimate of drug-likeness (QED) is 0.377. The van der Waals surface area contributed by atoms with Gasteiger partial charge in [-0.1, -0.05) is 5.16 Å². The molecule has 0 N–H and O–H groups in total. The first-order valence-electron chi connectivity index (χ1n) is 8.50. The minimum absolute atomic E-state index is 0.00465. The van der Waals surface area contributed by atoms with E-state index in [1.165, 1.54) is 19.1 Å².